The summed E-state index contributed by atoms with van der Waals surface area (Å²) in [6.45, 7) is -1.54. The number of phosphoric acid groups is 3. The molecule has 21 nitrogen and oxygen atoms in total. The number of hydrogen-bond acceptors (Lipinski definition) is 16. The standard InChI is InChI=1S/C22H30N5O16P3/c1-37-15-4-5-16(14(7-15)9-23)21(28)38-6-2-3-13-10-27(22(29)26-20(13)25)19-8-17(39-12-24)18(41-19)11-40-45(33,34)43-46(35,36)42-44(30,31)32/h4-5,7,10,17-19H,6,8-9,11-12,23-24H2,1H3,(H,33,34)(H,35,36)(H2,25,26,29)(H2,30,31,32)/t17-,18?,19-/m1/s1. The van der Waals surface area contributed by atoms with Crippen LogP contribution in [0.25, 0.3) is 0 Å². The zero-order valence-electron chi connectivity index (χ0n) is 23.7. The largest absolute Gasteiger partial charge is 0.497 e. The molecule has 254 valence electrons. The summed E-state index contributed by atoms with van der Waals surface area (Å²) in [5.74, 6) is 4.78. The van der Waals surface area contributed by atoms with Crippen LogP contribution in [0.15, 0.2) is 29.2 Å². The van der Waals surface area contributed by atoms with E-state index in [1.807, 2.05) is 0 Å². The summed E-state index contributed by atoms with van der Waals surface area (Å²) in [5, 5.41) is 0. The number of nitrogens with zero attached hydrogens (tertiary/aromatic N) is 2. The fraction of sp³-hybridized carbons (Fsp3) is 0.409. The van der Waals surface area contributed by atoms with Gasteiger partial charge in [0, 0.05) is 19.2 Å². The van der Waals surface area contributed by atoms with Crippen LogP contribution in [-0.4, -0.2) is 74.4 Å². The van der Waals surface area contributed by atoms with Crippen molar-refractivity contribution < 1.29 is 70.2 Å². The van der Waals surface area contributed by atoms with Gasteiger partial charge in [0.1, 0.15) is 23.9 Å². The smallest absolute Gasteiger partial charge is 0.490 e. The maximum Gasteiger partial charge on any atom is 0.490 e. The van der Waals surface area contributed by atoms with Crippen LogP contribution in [0.4, 0.5) is 5.82 Å². The van der Waals surface area contributed by atoms with Gasteiger partial charge in [-0.25, -0.2) is 23.3 Å². The van der Waals surface area contributed by atoms with E-state index in [1.54, 1.807) is 12.1 Å². The number of phosphoric ester groups is 1. The molecule has 2 aromatic rings. The quantitative estimate of drug-likeness (QED) is 0.0558. The maximum atomic E-state index is 12.6. The average molecular weight is 713 g/mol. The van der Waals surface area contributed by atoms with E-state index in [-0.39, 0.29) is 43.2 Å². The van der Waals surface area contributed by atoms with Gasteiger partial charge in [-0.15, -0.1) is 0 Å². The minimum absolute atomic E-state index is 0.0411. The third-order valence-electron chi connectivity index (χ3n) is 5.85. The van der Waals surface area contributed by atoms with Crippen molar-refractivity contribution in [3.8, 4) is 17.6 Å². The Hall–Kier alpha value is -3.02. The summed E-state index contributed by atoms with van der Waals surface area (Å²) in [4.78, 5) is 65.2. The molecule has 1 aliphatic heterocycles. The van der Waals surface area contributed by atoms with Gasteiger partial charge in [0.15, 0.2) is 6.61 Å². The van der Waals surface area contributed by atoms with Crippen LogP contribution in [0.1, 0.15) is 34.1 Å². The van der Waals surface area contributed by atoms with E-state index < -0.39 is 60.2 Å². The van der Waals surface area contributed by atoms with Crippen molar-refractivity contribution in [2.75, 3.05) is 32.8 Å². The molecule has 0 spiro atoms. The lowest BCUT2D eigenvalue weighted by Gasteiger charge is -2.21. The van der Waals surface area contributed by atoms with Gasteiger partial charge in [-0.05, 0) is 23.8 Å². The van der Waals surface area contributed by atoms with Gasteiger partial charge in [-0.3, -0.25) is 9.09 Å². The number of anilines is 1. The Morgan fingerprint density at radius 2 is 1.87 bits per heavy atom. The highest BCUT2D eigenvalue weighted by molar-refractivity contribution is 7.66. The van der Waals surface area contributed by atoms with Gasteiger partial charge in [0.25, 0.3) is 0 Å². The molecule has 5 atom stereocenters. The lowest BCUT2D eigenvalue weighted by molar-refractivity contribution is -0.0601. The van der Waals surface area contributed by atoms with E-state index in [4.69, 9.17) is 45.9 Å². The first-order chi connectivity index (χ1) is 21.5. The molecule has 3 unspecified atom stereocenters. The van der Waals surface area contributed by atoms with Crippen LogP contribution >= 0.6 is 23.5 Å². The molecule has 0 aliphatic carbocycles. The van der Waals surface area contributed by atoms with E-state index in [0.717, 1.165) is 4.57 Å². The summed E-state index contributed by atoms with van der Waals surface area (Å²) in [5.41, 5.74) is 16.8. The molecule has 10 N–H and O–H groups in total. The molecule has 1 fully saturated rings. The van der Waals surface area contributed by atoms with Crippen LogP contribution in [-0.2, 0) is 47.6 Å². The first-order valence-electron chi connectivity index (χ1n) is 12.6. The van der Waals surface area contributed by atoms with Crippen molar-refractivity contribution in [1.82, 2.24) is 9.55 Å². The lowest BCUT2D eigenvalue weighted by atomic mass is 10.1. The molecule has 1 saturated heterocycles. The van der Waals surface area contributed by atoms with Crippen molar-refractivity contribution >= 4 is 35.3 Å². The van der Waals surface area contributed by atoms with Crippen molar-refractivity contribution in [1.29, 1.82) is 0 Å². The second-order valence-electron chi connectivity index (χ2n) is 8.96. The van der Waals surface area contributed by atoms with E-state index >= 15 is 0 Å². The fourth-order valence-electron chi connectivity index (χ4n) is 3.95. The number of nitrogens with two attached hydrogens (primary N) is 3. The van der Waals surface area contributed by atoms with Crippen LogP contribution in [0.2, 0.25) is 0 Å². The zero-order valence-corrected chi connectivity index (χ0v) is 26.4. The van der Waals surface area contributed by atoms with Gasteiger partial charge < -0.3 is 55.7 Å². The molecular weight excluding hydrogens is 683 g/mol. The van der Waals surface area contributed by atoms with Gasteiger partial charge >= 0.3 is 35.1 Å². The molecule has 24 heteroatoms. The van der Waals surface area contributed by atoms with Gasteiger partial charge in [-0.1, -0.05) is 11.8 Å². The molecular formula is C22H30N5O16P3. The minimum atomic E-state index is -5.75. The average Bonchev–Trinajstić information content (AvgIpc) is 3.35. The number of methoxy groups -OCH3 is 1. The second kappa shape index (κ2) is 15.7. The Bertz CT molecular complexity index is 1690. The van der Waals surface area contributed by atoms with E-state index in [0.29, 0.717) is 11.3 Å². The topological polar surface area (TPSA) is 327 Å². The number of hydrogen-bond donors (Lipinski definition) is 7. The molecule has 1 aliphatic rings. The van der Waals surface area contributed by atoms with Crippen LogP contribution in [0, 0.1) is 11.8 Å². The number of ether oxygens (including phenoxy) is 4. The highest BCUT2D eigenvalue weighted by Gasteiger charge is 2.43. The lowest BCUT2D eigenvalue weighted by Crippen LogP contribution is -2.31. The maximum absolute atomic E-state index is 12.6. The number of rotatable bonds is 14. The van der Waals surface area contributed by atoms with Gasteiger partial charge in [0.2, 0.25) is 0 Å². The van der Waals surface area contributed by atoms with E-state index in [2.05, 4.69) is 30.0 Å². The highest BCUT2D eigenvalue weighted by Crippen LogP contribution is 2.66. The Balaban J connectivity index is 1.70. The zero-order chi connectivity index (χ0) is 34.3. The van der Waals surface area contributed by atoms with Crippen LogP contribution < -0.4 is 27.6 Å². The molecule has 46 heavy (non-hydrogen) atoms. The number of benzene rings is 1. The van der Waals surface area contributed by atoms with E-state index in [1.165, 1.54) is 19.4 Å². The summed E-state index contributed by atoms with van der Waals surface area (Å²) in [6, 6.07) is 4.66. The number of aromatic nitrogens is 2. The summed E-state index contributed by atoms with van der Waals surface area (Å²) < 4.78 is 68.8. The second-order valence-corrected chi connectivity index (χ2v) is 13.4. The molecule has 1 aromatic carbocycles. The van der Waals surface area contributed by atoms with Gasteiger partial charge in [0.05, 0.1) is 37.7 Å². The number of carbonyl (C=O) groups is 1. The molecule has 0 bridgehead atoms. The predicted molar refractivity (Wildman–Crippen MR) is 153 cm³/mol. The molecule has 0 saturated carbocycles. The SMILES string of the molecule is COc1ccc(C(=O)OCC#Cc2cn([C@H]3C[C@@H](OCN)C(COP(=O)(O)OP(=O)(O)OP(=O)(O)O)O3)c(=O)nc2N)c(CN)c1. The molecule has 0 radical (unpaired) electrons. The molecule has 1 aromatic heterocycles. The first kappa shape index (κ1) is 37.4. The first-order valence-corrected chi connectivity index (χ1v) is 17.2. The van der Waals surface area contributed by atoms with Crippen molar-refractivity contribution in [2.24, 2.45) is 11.5 Å². The highest BCUT2D eigenvalue weighted by atomic mass is 31.3. The Morgan fingerprint density at radius 3 is 2.50 bits per heavy atom. The predicted octanol–water partition coefficient (Wildman–Crippen LogP) is -0.566. The van der Waals surface area contributed by atoms with Crippen molar-refractivity contribution in [3.05, 3.63) is 51.6 Å². The fourth-order valence-corrected chi connectivity index (χ4v) is 6.98. The Labute approximate surface area is 259 Å². The number of carbonyl (C=O) groups excluding carboxylic acids is 1. The normalized spacial score (nSPS) is 20.6. The molecule has 0 amide bonds. The third-order valence-corrected chi connectivity index (χ3v) is 9.65. The van der Waals surface area contributed by atoms with Crippen molar-refractivity contribution in [3.63, 3.8) is 0 Å². The number of esters is 1. The Kier molecular flexibility index (Phi) is 12.8. The minimum Gasteiger partial charge on any atom is -0.497 e. The summed E-state index contributed by atoms with van der Waals surface area (Å²) >= 11 is 0. The van der Waals surface area contributed by atoms with Crippen LogP contribution in [0.3, 0.4) is 0 Å². The monoisotopic (exact) mass is 713 g/mol. The Morgan fingerprint density at radius 1 is 1.15 bits per heavy atom. The molecule has 2 heterocycles. The van der Waals surface area contributed by atoms with E-state index in [9.17, 15) is 33.1 Å². The summed E-state index contributed by atoms with van der Waals surface area (Å²) in [7, 11) is -15.4. The van der Waals surface area contributed by atoms with Crippen molar-refractivity contribution in [2.45, 2.75) is 31.4 Å². The summed E-state index contributed by atoms with van der Waals surface area (Å²) in [6.07, 6.45) is -2.26. The van der Waals surface area contributed by atoms with Gasteiger partial charge in [-0.2, -0.15) is 13.6 Å². The third kappa shape index (κ3) is 10.8. The molecule has 3 rings (SSSR count). The number of nitrogen functional groups attached to an aromatic ring is 1. The van der Waals surface area contributed by atoms with Crippen LogP contribution in [0.5, 0.6) is 5.75 Å².